The van der Waals surface area contributed by atoms with Crippen LogP contribution in [0.1, 0.15) is 37.4 Å². The number of benzene rings is 1. The molecule has 1 saturated heterocycles. The van der Waals surface area contributed by atoms with E-state index in [1.165, 1.54) is 30.5 Å². The Morgan fingerprint density at radius 3 is 2.67 bits per heavy atom. The molecule has 1 aromatic heterocycles. The highest BCUT2D eigenvalue weighted by atomic mass is 15.2. The number of fused-ring (bicyclic) bond motifs is 1. The quantitative estimate of drug-likeness (QED) is 0.670. The van der Waals surface area contributed by atoms with Gasteiger partial charge in [0.25, 0.3) is 0 Å². The number of pyridine rings is 1. The molecule has 1 aliphatic heterocycles. The predicted molar refractivity (Wildman–Crippen MR) is 89.7 cm³/mol. The van der Waals surface area contributed by atoms with E-state index in [0.29, 0.717) is 0 Å². The molecule has 1 fully saturated rings. The fraction of sp³-hybridized carbons (Fsp3) is 0.471. The lowest BCUT2D eigenvalue weighted by Crippen LogP contribution is -2.29. The second-order valence-electron chi connectivity index (χ2n) is 5.80. The Morgan fingerprint density at radius 2 is 2.00 bits per heavy atom. The van der Waals surface area contributed by atoms with Crippen LogP contribution in [-0.2, 0) is 6.42 Å². The number of nitrogens with one attached hydrogen (secondary N) is 1. The molecule has 2 heterocycles. The first kappa shape index (κ1) is 14.1. The highest BCUT2D eigenvalue weighted by molar-refractivity contribution is 5.95. The van der Waals surface area contributed by atoms with E-state index in [2.05, 4.69) is 42.4 Å². The summed E-state index contributed by atoms with van der Waals surface area (Å²) in [6, 6.07) is 6.54. The summed E-state index contributed by atoms with van der Waals surface area (Å²) in [4.78, 5) is 7.19. The minimum atomic E-state index is 0.933. The molecular formula is C17H24N4. The summed E-state index contributed by atoms with van der Waals surface area (Å²) in [6.45, 7) is 6.50. The molecule has 0 saturated carbocycles. The minimum absolute atomic E-state index is 0.933. The number of hydrogen-bond donors (Lipinski definition) is 2. The summed E-state index contributed by atoms with van der Waals surface area (Å²) in [7, 11) is 0. The van der Waals surface area contributed by atoms with Crippen molar-refractivity contribution in [1.82, 2.24) is 4.98 Å². The monoisotopic (exact) mass is 284 g/mol. The number of nitrogens with two attached hydrogens (primary N) is 1. The van der Waals surface area contributed by atoms with Crippen LogP contribution in [0.25, 0.3) is 10.9 Å². The first-order chi connectivity index (χ1) is 10.2. The van der Waals surface area contributed by atoms with E-state index >= 15 is 0 Å². The van der Waals surface area contributed by atoms with Crippen molar-refractivity contribution in [3.05, 3.63) is 29.5 Å². The molecule has 3 N–H and O–H groups in total. The minimum Gasteiger partial charge on any atom is -0.372 e. The van der Waals surface area contributed by atoms with Crippen molar-refractivity contribution in [2.75, 3.05) is 23.4 Å². The third kappa shape index (κ3) is 2.56. The lowest BCUT2D eigenvalue weighted by atomic mass is 10.0. The molecule has 0 bridgehead atoms. The van der Waals surface area contributed by atoms with Crippen molar-refractivity contribution in [2.45, 2.75) is 39.5 Å². The molecule has 4 heteroatoms. The van der Waals surface area contributed by atoms with Crippen LogP contribution in [0.2, 0.25) is 0 Å². The van der Waals surface area contributed by atoms with E-state index in [4.69, 9.17) is 10.8 Å². The SMILES string of the molecule is CCc1c(C)nc2ccc(N3CCCCC3)cc2c1NN. The molecule has 0 aliphatic carbocycles. The van der Waals surface area contributed by atoms with Crippen molar-refractivity contribution in [1.29, 1.82) is 0 Å². The summed E-state index contributed by atoms with van der Waals surface area (Å²) in [5, 5.41) is 1.13. The molecule has 112 valence electrons. The third-order valence-corrected chi connectivity index (χ3v) is 4.50. The first-order valence-electron chi connectivity index (χ1n) is 7.89. The van der Waals surface area contributed by atoms with E-state index in [1.807, 2.05) is 0 Å². The smallest absolute Gasteiger partial charge is 0.0728 e. The Morgan fingerprint density at radius 1 is 1.24 bits per heavy atom. The Bertz CT molecular complexity index is 645. The Labute approximate surface area is 126 Å². The number of aromatic nitrogens is 1. The standard InChI is InChI=1S/C17H24N4/c1-3-14-12(2)19-16-8-7-13(11-15(16)17(14)20-18)21-9-5-4-6-10-21/h7-8,11H,3-6,9-10,18H2,1-2H3,(H,19,20). The molecular weight excluding hydrogens is 260 g/mol. The van der Waals surface area contributed by atoms with E-state index in [0.717, 1.165) is 41.8 Å². The Balaban J connectivity index is 2.12. The zero-order chi connectivity index (χ0) is 14.8. The molecule has 1 aromatic carbocycles. The van der Waals surface area contributed by atoms with Crippen LogP contribution in [0, 0.1) is 6.92 Å². The zero-order valence-electron chi connectivity index (χ0n) is 12.9. The second-order valence-corrected chi connectivity index (χ2v) is 5.80. The van der Waals surface area contributed by atoms with E-state index in [1.54, 1.807) is 0 Å². The van der Waals surface area contributed by atoms with Gasteiger partial charge >= 0.3 is 0 Å². The molecule has 21 heavy (non-hydrogen) atoms. The van der Waals surface area contributed by atoms with Crippen LogP contribution in [0.3, 0.4) is 0 Å². The zero-order valence-corrected chi connectivity index (χ0v) is 12.9. The number of nitrogens with zero attached hydrogens (tertiary/aromatic N) is 2. The lowest BCUT2D eigenvalue weighted by molar-refractivity contribution is 0.578. The maximum atomic E-state index is 5.80. The largest absolute Gasteiger partial charge is 0.372 e. The van der Waals surface area contributed by atoms with Gasteiger partial charge in [0.05, 0.1) is 11.2 Å². The number of hydrazine groups is 1. The maximum Gasteiger partial charge on any atom is 0.0728 e. The number of hydrogen-bond acceptors (Lipinski definition) is 4. The van der Waals surface area contributed by atoms with Gasteiger partial charge in [-0.2, -0.15) is 0 Å². The van der Waals surface area contributed by atoms with Gasteiger partial charge < -0.3 is 10.3 Å². The number of piperidine rings is 1. The molecule has 3 rings (SSSR count). The van der Waals surface area contributed by atoms with Gasteiger partial charge in [-0.3, -0.25) is 10.8 Å². The normalized spacial score (nSPS) is 15.5. The molecule has 0 spiro atoms. The van der Waals surface area contributed by atoms with Crippen molar-refractivity contribution in [3.8, 4) is 0 Å². The van der Waals surface area contributed by atoms with Gasteiger partial charge in [0.2, 0.25) is 0 Å². The number of anilines is 2. The average molecular weight is 284 g/mol. The molecule has 0 amide bonds. The molecule has 4 nitrogen and oxygen atoms in total. The lowest BCUT2D eigenvalue weighted by Gasteiger charge is -2.29. The summed E-state index contributed by atoms with van der Waals surface area (Å²) < 4.78 is 0. The summed E-state index contributed by atoms with van der Waals surface area (Å²) >= 11 is 0. The highest BCUT2D eigenvalue weighted by Gasteiger charge is 2.15. The van der Waals surface area contributed by atoms with Crippen LogP contribution in [-0.4, -0.2) is 18.1 Å². The van der Waals surface area contributed by atoms with Crippen LogP contribution >= 0.6 is 0 Å². The summed E-state index contributed by atoms with van der Waals surface area (Å²) in [5.74, 6) is 5.80. The van der Waals surface area contributed by atoms with Crippen molar-refractivity contribution in [2.24, 2.45) is 5.84 Å². The maximum absolute atomic E-state index is 5.80. The summed E-state index contributed by atoms with van der Waals surface area (Å²) in [6.07, 6.45) is 4.85. The van der Waals surface area contributed by atoms with Crippen molar-refractivity contribution < 1.29 is 0 Å². The van der Waals surface area contributed by atoms with Gasteiger partial charge in [0.15, 0.2) is 0 Å². The predicted octanol–water partition coefficient (Wildman–Crippen LogP) is 3.38. The van der Waals surface area contributed by atoms with Crippen molar-refractivity contribution in [3.63, 3.8) is 0 Å². The first-order valence-corrected chi connectivity index (χ1v) is 7.89. The van der Waals surface area contributed by atoms with Crippen LogP contribution in [0.15, 0.2) is 18.2 Å². The van der Waals surface area contributed by atoms with Crippen molar-refractivity contribution >= 4 is 22.3 Å². The number of aryl methyl sites for hydroxylation is 1. The number of nitrogen functional groups attached to an aromatic ring is 1. The Kier molecular flexibility index (Phi) is 3.97. The van der Waals surface area contributed by atoms with Gasteiger partial charge in [-0.05, 0) is 56.4 Å². The average Bonchev–Trinajstić information content (AvgIpc) is 2.54. The fourth-order valence-corrected chi connectivity index (χ4v) is 3.36. The van der Waals surface area contributed by atoms with E-state index in [9.17, 15) is 0 Å². The van der Waals surface area contributed by atoms with Gasteiger partial charge in [-0.25, -0.2) is 0 Å². The molecule has 2 aromatic rings. The van der Waals surface area contributed by atoms with Gasteiger partial charge in [0, 0.05) is 29.9 Å². The van der Waals surface area contributed by atoms with E-state index < -0.39 is 0 Å². The fourth-order valence-electron chi connectivity index (χ4n) is 3.36. The summed E-state index contributed by atoms with van der Waals surface area (Å²) in [5.41, 5.74) is 8.49. The Hall–Kier alpha value is -1.81. The van der Waals surface area contributed by atoms with Gasteiger partial charge in [-0.1, -0.05) is 6.92 Å². The topological polar surface area (TPSA) is 54.2 Å². The van der Waals surface area contributed by atoms with Crippen LogP contribution in [0.4, 0.5) is 11.4 Å². The molecule has 0 atom stereocenters. The van der Waals surface area contributed by atoms with Crippen LogP contribution in [0.5, 0.6) is 0 Å². The van der Waals surface area contributed by atoms with E-state index in [-0.39, 0.29) is 0 Å². The molecule has 1 aliphatic rings. The van der Waals surface area contributed by atoms with Crippen LogP contribution < -0.4 is 16.2 Å². The number of rotatable bonds is 3. The van der Waals surface area contributed by atoms with Gasteiger partial charge in [0.1, 0.15) is 0 Å². The second kappa shape index (κ2) is 5.90. The van der Waals surface area contributed by atoms with Gasteiger partial charge in [-0.15, -0.1) is 0 Å². The third-order valence-electron chi connectivity index (χ3n) is 4.50. The molecule has 0 unspecified atom stereocenters. The molecule has 0 radical (unpaired) electrons. The highest BCUT2D eigenvalue weighted by Crippen LogP contribution is 2.32.